The second-order valence-corrected chi connectivity index (χ2v) is 8.01. The number of hydrazine groups is 1. The first-order chi connectivity index (χ1) is 17.4. The van der Waals surface area contributed by atoms with E-state index in [1.807, 2.05) is 13.8 Å². The summed E-state index contributed by atoms with van der Waals surface area (Å²) in [5.41, 5.74) is 3.45. The average Bonchev–Trinajstić information content (AvgIpc) is 3.16. The number of nitrogens with zero attached hydrogens (tertiary/aromatic N) is 1. The molecule has 8 nitrogen and oxygen atoms in total. The largest absolute Gasteiger partial charge is 0.490 e. The summed E-state index contributed by atoms with van der Waals surface area (Å²) < 4.78 is 16.7. The number of anilines is 1. The molecule has 2 amide bonds. The molecule has 3 aromatic carbocycles. The van der Waals surface area contributed by atoms with Crippen LogP contribution >= 0.6 is 11.6 Å². The fourth-order valence-corrected chi connectivity index (χ4v) is 3.71. The standard InChI is InChI=1S/C27H23ClN2O6/c1-3-34-23-12-10-17(16-24(23)35-4-2)27(33)36-22-13-11-19(28)14-18(22)15-21-25(31)29-30(26(21)32)20-8-6-5-7-9-20/h5-16H,3-4H2,1-2H3,(H,29,31)/b21-15-. The summed E-state index contributed by atoms with van der Waals surface area (Å²) in [5, 5.41) is 1.49. The fourth-order valence-electron chi connectivity index (χ4n) is 3.53. The van der Waals surface area contributed by atoms with Gasteiger partial charge in [-0.2, -0.15) is 0 Å². The molecule has 9 heteroatoms. The number of nitrogens with one attached hydrogen (secondary N) is 1. The van der Waals surface area contributed by atoms with Crippen LogP contribution in [0.2, 0.25) is 5.02 Å². The fraction of sp³-hybridized carbons (Fsp3) is 0.148. The number of ether oxygens (including phenoxy) is 3. The van der Waals surface area contributed by atoms with Crippen LogP contribution in [-0.2, 0) is 9.59 Å². The minimum atomic E-state index is -0.658. The normalized spacial score (nSPS) is 14.1. The van der Waals surface area contributed by atoms with Crippen molar-refractivity contribution in [2.75, 3.05) is 18.2 Å². The van der Waals surface area contributed by atoms with E-state index < -0.39 is 17.8 Å². The van der Waals surface area contributed by atoms with Gasteiger partial charge < -0.3 is 14.2 Å². The lowest BCUT2D eigenvalue weighted by Crippen LogP contribution is -2.35. The van der Waals surface area contributed by atoms with Crippen LogP contribution in [-0.4, -0.2) is 31.0 Å². The highest BCUT2D eigenvalue weighted by molar-refractivity contribution is 6.32. The van der Waals surface area contributed by atoms with Crippen LogP contribution in [0.25, 0.3) is 6.08 Å². The molecule has 1 saturated heterocycles. The number of para-hydroxylation sites is 1. The number of benzene rings is 3. The molecule has 36 heavy (non-hydrogen) atoms. The van der Waals surface area contributed by atoms with Crippen molar-refractivity contribution in [2.45, 2.75) is 13.8 Å². The predicted molar refractivity (Wildman–Crippen MR) is 135 cm³/mol. The lowest BCUT2D eigenvalue weighted by molar-refractivity contribution is -0.117. The van der Waals surface area contributed by atoms with E-state index in [1.165, 1.54) is 24.3 Å². The number of halogens is 1. The van der Waals surface area contributed by atoms with Crippen molar-refractivity contribution in [2.24, 2.45) is 0 Å². The number of hydrogen-bond donors (Lipinski definition) is 1. The molecule has 0 bridgehead atoms. The highest BCUT2D eigenvalue weighted by atomic mass is 35.5. The summed E-state index contributed by atoms with van der Waals surface area (Å²) in [6.07, 6.45) is 1.35. The minimum absolute atomic E-state index is 0.127. The SMILES string of the molecule is CCOc1ccc(C(=O)Oc2ccc(Cl)cc2/C=C2/C(=O)NN(c3ccccc3)C2=O)cc1OCC. The molecule has 0 aromatic heterocycles. The summed E-state index contributed by atoms with van der Waals surface area (Å²) in [6, 6.07) is 18.0. The van der Waals surface area contributed by atoms with E-state index in [2.05, 4.69) is 5.43 Å². The van der Waals surface area contributed by atoms with Gasteiger partial charge in [0.05, 0.1) is 24.5 Å². The van der Waals surface area contributed by atoms with Crippen LogP contribution in [0, 0.1) is 0 Å². The van der Waals surface area contributed by atoms with Gasteiger partial charge in [0.1, 0.15) is 11.3 Å². The van der Waals surface area contributed by atoms with Crippen molar-refractivity contribution >= 4 is 41.1 Å². The summed E-state index contributed by atoms with van der Waals surface area (Å²) >= 11 is 6.16. The molecule has 0 unspecified atom stereocenters. The van der Waals surface area contributed by atoms with Crippen molar-refractivity contribution < 1.29 is 28.6 Å². The van der Waals surface area contributed by atoms with Crippen LogP contribution < -0.4 is 24.6 Å². The first-order valence-electron chi connectivity index (χ1n) is 11.2. The molecule has 0 radical (unpaired) electrons. The first kappa shape index (κ1) is 24.8. The Kier molecular flexibility index (Phi) is 7.56. The van der Waals surface area contributed by atoms with Crippen LogP contribution in [0.15, 0.2) is 72.3 Å². The number of hydrogen-bond acceptors (Lipinski definition) is 6. The van der Waals surface area contributed by atoms with Crippen molar-refractivity contribution in [3.05, 3.63) is 88.5 Å². The molecule has 1 aliphatic heterocycles. The number of carbonyl (C=O) groups is 3. The average molecular weight is 507 g/mol. The molecule has 1 aliphatic rings. The third-order valence-electron chi connectivity index (χ3n) is 5.16. The van der Waals surface area contributed by atoms with E-state index in [4.69, 9.17) is 25.8 Å². The van der Waals surface area contributed by atoms with E-state index >= 15 is 0 Å². The van der Waals surface area contributed by atoms with Crippen molar-refractivity contribution in [1.82, 2.24) is 5.43 Å². The highest BCUT2D eigenvalue weighted by Gasteiger charge is 2.34. The molecular weight excluding hydrogens is 484 g/mol. The maximum atomic E-state index is 13.0. The maximum absolute atomic E-state index is 13.0. The Balaban J connectivity index is 1.62. The molecule has 0 saturated carbocycles. The number of carbonyl (C=O) groups excluding carboxylic acids is 3. The Morgan fingerprint density at radius 3 is 2.33 bits per heavy atom. The lowest BCUT2D eigenvalue weighted by atomic mass is 10.1. The zero-order valence-electron chi connectivity index (χ0n) is 19.6. The van der Waals surface area contributed by atoms with Gasteiger partial charge in [-0.3, -0.25) is 15.0 Å². The van der Waals surface area contributed by atoms with E-state index in [9.17, 15) is 14.4 Å². The Morgan fingerprint density at radius 2 is 1.61 bits per heavy atom. The topological polar surface area (TPSA) is 94.2 Å². The van der Waals surface area contributed by atoms with Gasteiger partial charge in [0, 0.05) is 10.6 Å². The zero-order valence-corrected chi connectivity index (χ0v) is 20.4. The van der Waals surface area contributed by atoms with E-state index in [0.717, 1.165) is 5.01 Å². The summed E-state index contributed by atoms with van der Waals surface area (Å²) in [7, 11) is 0. The Labute approximate surface area is 213 Å². The molecule has 4 rings (SSSR count). The van der Waals surface area contributed by atoms with Gasteiger partial charge in [-0.25, -0.2) is 9.80 Å². The van der Waals surface area contributed by atoms with Crippen LogP contribution in [0.3, 0.4) is 0 Å². The van der Waals surface area contributed by atoms with E-state index in [-0.39, 0.29) is 16.9 Å². The van der Waals surface area contributed by atoms with Gasteiger partial charge in [-0.05, 0) is 68.5 Å². The second-order valence-electron chi connectivity index (χ2n) is 7.57. The molecular formula is C27H23ClN2O6. The van der Waals surface area contributed by atoms with Gasteiger partial charge in [0.15, 0.2) is 11.5 Å². The molecule has 1 fully saturated rings. The first-order valence-corrected chi connectivity index (χ1v) is 11.6. The summed E-state index contributed by atoms with van der Waals surface area (Å²) in [5.74, 6) is -0.732. The van der Waals surface area contributed by atoms with Crippen molar-refractivity contribution in [1.29, 1.82) is 0 Å². The highest BCUT2D eigenvalue weighted by Crippen LogP contribution is 2.31. The minimum Gasteiger partial charge on any atom is -0.490 e. The van der Waals surface area contributed by atoms with Crippen LogP contribution in [0.5, 0.6) is 17.2 Å². The van der Waals surface area contributed by atoms with Gasteiger partial charge >= 0.3 is 5.97 Å². The monoisotopic (exact) mass is 506 g/mol. The van der Waals surface area contributed by atoms with E-state index in [0.29, 0.717) is 41.0 Å². The van der Waals surface area contributed by atoms with Gasteiger partial charge in [-0.1, -0.05) is 29.8 Å². The van der Waals surface area contributed by atoms with Crippen molar-refractivity contribution in [3.63, 3.8) is 0 Å². The van der Waals surface area contributed by atoms with Gasteiger partial charge in [-0.15, -0.1) is 0 Å². The third-order valence-corrected chi connectivity index (χ3v) is 5.39. The van der Waals surface area contributed by atoms with Crippen molar-refractivity contribution in [3.8, 4) is 17.2 Å². The predicted octanol–water partition coefficient (Wildman–Crippen LogP) is 4.82. The molecule has 1 N–H and O–H groups in total. The van der Waals surface area contributed by atoms with Crippen LogP contribution in [0.4, 0.5) is 5.69 Å². The van der Waals surface area contributed by atoms with Gasteiger partial charge in [0.25, 0.3) is 11.8 Å². The summed E-state index contributed by atoms with van der Waals surface area (Å²) in [6.45, 7) is 4.51. The number of rotatable bonds is 8. The molecule has 184 valence electrons. The number of esters is 1. The van der Waals surface area contributed by atoms with Crippen LogP contribution in [0.1, 0.15) is 29.8 Å². The van der Waals surface area contributed by atoms with E-state index in [1.54, 1.807) is 48.5 Å². The second kappa shape index (κ2) is 11.0. The molecule has 0 atom stereocenters. The lowest BCUT2D eigenvalue weighted by Gasteiger charge is -2.14. The van der Waals surface area contributed by atoms with Gasteiger partial charge in [0.2, 0.25) is 0 Å². The Morgan fingerprint density at radius 1 is 0.917 bits per heavy atom. The molecule has 1 heterocycles. The smallest absolute Gasteiger partial charge is 0.343 e. The summed E-state index contributed by atoms with van der Waals surface area (Å²) in [4.78, 5) is 38.5. The number of amides is 2. The Hall–Kier alpha value is -4.30. The molecule has 3 aromatic rings. The molecule has 0 spiro atoms. The Bertz CT molecular complexity index is 1340. The maximum Gasteiger partial charge on any atom is 0.343 e. The quantitative estimate of drug-likeness (QED) is 0.204. The third kappa shape index (κ3) is 5.34. The molecule has 0 aliphatic carbocycles. The zero-order chi connectivity index (χ0) is 25.7.